The van der Waals surface area contributed by atoms with Crippen molar-refractivity contribution in [3.8, 4) is 0 Å². The molecule has 0 aromatic rings. The average Bonchev–Trinajstić information content (AvgIpc) is 2.34. The summed E-state index contributed by atoms with van der Waals surface area (Å²) >= 11 is 0. The van der Waals surface area contributed by atoms with Crippen LogP contribution in [0.15, 0.2) is 0 Å². The zero-order valence-corrected chi connectivity index (χ0v) is 11.2. The smallest absolute Gasteiger partial charge is 0.151 e. The van der Waals surface area contributed by atoms with Gasteiger partial charge in [0.25, 0.3) is 0 Å². The van der Waals surface area contributed by atoms with Crippen molar-refractivity contribution >= 4 is 9.84 Å². The number of rotatable bonds is 5. The van der Waals surface area contributed by atoms with Gasteiger partial charge in [-0.3, -0.25) is 0 Å². The van der Waals surface area contributed by atoms with Crippen LogP contribution >= 0.6 is 0 Å². The third-order valence-electron chi connectivity index (χ3n) is 2.85. The fraction of sp³-hybridized carbons (Fsp3) is 1.00. The molecule has 16 heavy (non-hydrogen) atoms. The number of nitrogens with one attached hydrogen (secondary N) is 1. The Morgan fingerprint density at radius 1 is 1.25 bits per heavy atom. The van der Waals surface area contributed by atoms with Crippen LogP contribution in [0.2, 0.25) is 0 Å². The SMILES string of the molecule is CC(C)NCCCN1CCCS(=O)(=O)CC1. The van der Waals surface area contributed by atoms with Gasteiger partial charge in [0.05, 0.1) is 11.5 Å². The van der Waals surface area contributed by atoms with Crippen molar-refractivity contribution in [1.82, 2.24) is 10.2 Å². The second-order valence-corrected chi connectivity index (χ2v) is 7.11. The maximum Gasteiger partial charge on any atom is 0.151 e. The van der Waals surface area contributed by atoms with E-state index < -0.39 is 9.84 Å². The van der Waals surface area contributed by atoms with Gasteiger partial charge in [0.1, 0.15) is 0 Å². The van der Waals surface area contributed by atoms with E-state index in [1.54, 1.807) is 0 Å². The standard InChI is InChI=1S/C11H24N2O2S/c1-11(2)12-5-3-6-13-7-4-9-16(14,15)10-8-13/h11-12H,3-10H2,1-2H3. The molecule has 0 radical (unpaired) electrons. The van der Waals surface area contributed by atoms with Gasteiger partial charge in [-0.2, -0.15) is 0 Å². The average molecular weight is 248 g/mol. The van der Waals surface area contributed by atoms with Crippen LogP contribution in [-0.4, -0.2) is 57.0 Å². The summed E-state index contributed by atoms with van der Waals surface area (Å²) in [4.78, 5) is 2.27. The van der Waals surface area contributed by atoms with Crippen LogP contribution in [0.5, 0.6) is 0 Å². The highest BCUT2D eigenvalue weighted by Gasteiger charge is 2.18. The Morgan fingerprint density at radius 3 is 2.69 bits per heavy atom. The molecule has 0 spiro atoms. The number of nitrogens with zero attached hydrogens (tertiary/aromatic N) is 1. The highest BCUT2D eigenvalue weighted by atomic mass is 32.2. The Hall–Kier alpha value is -0.130. The summed E-state index contributed by atoms with van der Waals surface area (Å²) in [5.74, 6) is 0.707. The van der Waals surface area contributed by atoms with Gasteiger partial charge in [-0.1, -0.05) is 13.8 Å². The molecule has 1 aliphatic rings. The minimum absolute atomic E-state index is 0.338. The molecule has 0 aliphatic carbocycles. The molecule has 4 nitrogen and oxygen atoms in total. The van der Waals surface area contributed by atoms with Gasteiger partial charge in [-0.05, 0) is 32.5 Å². The minimum Gasteiger partial charge on any atom is -0.314 e. The number of sulfone groups is 1. The minimum atomic E-state index is -2.75. The molecule has 0 saturated carbocycles. The van der Waals surface area contributed by atoms with E-state index in [1.807, 2.05) is 0 Å². The van der Waals surface area contributed by atoms with E-state index in [4.69, 9.17) is 0 Å². The van der Waals surface area contributed by atoms with Crippen LogP contribution in [-0.2, 0) is 9.84 Å². The van der Waals surface area contributed by atoms with Gasteiger partial charge < -0.3 is 10.2 Å². The van der Waals surface area contributed by atoms with Crippen molar-refractivity contribution in [3.05, 3.63) is 0 Å². The van der Waals surface area contributed by atoms with Crippen molar-refractivity contribution in [3.63, 3.8) is 0 Å². The van der Waals surface area contributed by atoms with E-state index in [1.165, 1.54) is 0 Å². The van der Waals surface area contributed by atoms with E-state index in [-0.39, 0.29) is 0 Å². The quantitative estimate of drug-likeness (QED) is 0.720. The number of hydrogen-bond donors (Lipinski definition) is 1. The molecule has 1 heterocycles. The van der Waals surface area contributed by atoms with E-state index in [2.05, 4.69) is 24.1 Å². The van der Waals surface area contributed by atoms with E-state index in [0.717, 1.165) is 32.5 Å². The molecular weight excluding hydrogens is 224 g/mol. The van der Waals surface area contributed by atoms with Crippen molar-refractivity contribution in [1.29, 1.82) is 0 Å². The van der Waals surface area contributed by atoms with Crippen LogP contribution in [0.3, 0.4) is 0 Å². The summed E-state index contributed by atoms with van der Waals surface area (Å²) in [5.41, 5.74) is 0. The van der Waals surface area contributed by atoms with Gasteiger partial charge in [0.2, 0.25) is 0 Å². The first-order chi connectivity index (χ1) is 7.49. The Labute approximate surface area is 99.3 Å². The lowest BCUT2D eigenvalue weighted by Gasteiger charge is -2.19. The largest absolute Gasteiger partial charge is 0.314 e. The Kier molecular flexibility index (Phi) is 5.72. The first kappa shape index (κ1) is 13.9. The highest BCUT2D eigenvalue weighted by Crippen LogP contribution is 2.05. The zero-order valence-electron chi connectivity index (χ0n) is 10.4. The summed E-state index contributed by atoms with van der Waals surface area (Å²) in [7, 11) is -2.75. The molecule has 1 fully saturated rings. The first-order valence-electron chi connectivity index (χ1n) is 6.16. The van der Waals surface area contributed by atoms with Gasteiger partial charge in [-0.25, -0.2) is 8.42 Å². The molecule has 1 saturated heterocycles. The second kappa shape index (κ2) is 6.57. The van der Waals surface area contributed by atoms with Crippen LogP contribution in [0.4, 0.5) is 0 Å². The molecule has 0 aromatic heterocycles. The predicted molar refractivity (Wildman–Crippen MR) is 67.5 cm³/mol. The summed E-state index contributed by atoms with van der Waals surface area (Å²) in [5, 5.41) is 3.37. The lowest BCUT2D eigenvalue weighted by Crippen LogP contribution is -2.31. The van der Waals surface area contributed by atoms with Gasteiger partial charge in [0.15, 0.2) is 9.84 Å². The van der Waals surface area contributed by atoms with Crippen molar-refractivity contribution in [2.45, 2.75) is 32.7 Å². The highest BCUT2D eigenvalue weighted by molar-refractivity contribution is 7.91. The van der Waals surface area contributed by atoms with Crippen molar-refractivity contribution in [2.75, 3.05) is 37.7 Å². The van der Waals surface area contributed by atoms with Crippen molar-refractivity contribution < 1.29 is 8.42 Å². The molecule has 96 valence electrons. The molecule has 5 heteroatoms. The summed E-state index contributed by atoms with van der Waals surface area (Å²) < 4.78 is 22.8. The maximum atomic E-state index is 11.4. The van der Waals surface area contributed by atoms with Crippen LogP contribution in [0.25, 0.3) is 0 Å². The lowest BCUT2D eigenvalue weighted by atomic mass is 10.3. The van der Waals surface area contributed by atoms with Gasteiger partial charge >= 0.3 is 0 Å². The summed E-state index contributed by atoms with van der Waals surface area (Å²) in [6.07, 6.45) is 1.89. The second-order valence-electron chi connectivity index (χ2n) is 4.81. The number of hydrogen-bond acceptors (Lipinski definition) is 4. The van der Waals surface area contributed by atoms with E-state index in [9.17, 15) is 8.42 Å². The van der Waals surface area contributed by atoms with Crippen LogP contribution in [0, 0.1) is 0 Å². The summed E-state index contributed by atoms with van der Waals surface area (Å²) in [6.45, 7) is 7.94. The Morgan fingerprint density at radius 2 is 2.00 bits per heavy atom. The molecule has 0 aromatic carbocycles. The third-order valence-corrected chi connectivity index (χ3v) is 4.57. The normalized spacial score (nSPS) is 22.2. The molecule has 0 amide bonds. The molecule has 0 atom stereocenters. The molecule has 0 unspecified atom stereocenters. The molecule has 1 N–H and O–H groups in total. The van der Waals surface area contributed by atoms with Gasteiger partial charge in [-0.15, -0.1) is 0 Å². The first-order valence-corrected chi connectivity index (χ1v) is 7.98. The Balaban J connectivity index is 2.18. The fourth-order valence-corrected chi connectivity index (χ4v) is 3.22. The lowest BCUT2D eigenvalue weighted by molar-refractivity contribution is 0.288. The maximum absolute atomic E-state index is 11.4. The third kappa shape index (κ3) is 5.82. The van der Waals surface area contributed by atoms with E-state index in [0.29, 0.717) is 24.1 Å². The van der Waals surface area contributed by atoms with Crippen molar-refractivity contribution in [2.24, 2.45) is 0 Å². The van der Waals surface area contributed by atoms with Crippen LogP contribution in [0.1, 0.15) is 26.7 Å². The molecule has 1 aliphatic heterocycles. The van der Waals surface area contributed by atoms with Crippen LogP contribution < -0.4 is 5.32 Å². The molecule has 0 bridgehead atoms. The molecular formula is C11H24N2O2S. The topological polar surface area (TPSA) is 49.4 Å². The van der Waals surface area contributed by atoms with E-state index >= 15 is 0 Å². The summed E-state index contributed by atoms with van der Waals surface area (Å²) in [6, 6.07) is 0.532. The monoisotopic (exact) mass is 248 g/mol. The Bertz CT molecular complexity index is 288. The predicted octanol–water partition coefficient (Wildman–Crippen LogP) is 0.495. The zero-order chi connectivity index (χ0) is 12.0. The fourth-order valence-electron chi connectivity index (χ4n) is 1.91. The molecule has 1 rings (SSSR count). The van der Waals surface area contributed by atoms with Gasteiger partial charge in [0, 0.05) is 12.6 Å².